The van der Waals surface area contributed by atoms with E-state index in [0.29, 0.717) is 17.5 Å². The molecule has 0 saturated heterocycles. The van der Waals surface area contributed by atoms with Crippen molar-refractivity contribution in [2.24, 2.45) is 0 Å². The van der Waals surface area contributed by atoms with Gasteiger partial charge in [0.15, 0.2) is 5.78 Å². The van der Waals surface area contributed by atoms with Gasteiger partial charge in [0, 0.05) is 12.0 Å². The summed E-state index contributed by atoms with van der Waals surface area (Å²) in [5.74, 6) is -0.282. The zero-order valence-corrected chi connectivity index (χ0v) is 14.5. The van der Waals surface area contributed by atoms with Gasteiger partial charge in [-0.1, -0.05) is 78.4 Å². The molecule has 1 unspecified atom stereocenters. The summed E-state index contributed by atoms with van der Waals surface area (Å²) in [6.45, 7) is 2.03. The number of nitrogens with one attached hydrogen (secondary N) is 1. The highest BCUT2D eigenvalue weighted by Crippen LogP contribution is 2.34. The Labute approximate surface area is 152 Å². The van der Waals surface area contributed by atoms with Gasteiger partial charge in [-0.3, -0.25) is 9.59 Å². The smallest absolute Gasteiger partial charge is 0.253 e. The summed E-state index contributed by atoms with van der Waals surface area (Å²) in [5, 5.41) is 3.03. The molecule has 3 aromatic rings. The molecule has 3 heteroatoms. The number of aryl methyl sites for hydroxylation is 1. The minimum atomic E-state index is -1.10. The molecule has 0 spiro atoms. The molecule has 0 aromatic heterocycles. The van der Waals surface area contributed by atoms with Crippen LogP contribution in [0.2, 0.25) is 0 Å². The van der Waals surface area contributed by atoms with Gasteiger partial charge in [-0.15, -0.1) is 0 Å². The molecule has 4 rings (SSSR count). The van der Waals surface area contributed by atoms with Crippen molar-refractivity contribution in [3.8, 4) is 0 Å². The average Bonchev–Trinajstić information content (AvgIpc) is 2.68. The second-order valence-corrected chi connectivity index (χ2v) is 6.76. The average molecular weight is 341 g/mol. The van der Waals surface area contributed by atoms with E-state index in [1.807, 2.05) is 61.5 Å². The molecule has 128 valence electrons. The summed E-state index contributed by atoms with van der Waals surface area (Å²) in [4.78, 5) is 26.3. The first-order chi connectivity index (χ1) is 12.6. The Morgan fingerprint density at radius 1 is 0.769 bits per heavy atom. The topological polar surface area (TPSA) is 46.2 Å². The molecule has 1 N–H and O–H groups in total. The molecule has 0 radical (unpaired) electrons. The second kappa shape index (κ2) is 6.26. The normalized spacial score (nSPS) is 19.0. The third-order valence-corrected chi connectivity index (χ3v) is 4.99. The minimum Gasteiger partial charge on any atom is -0.335 e. The van der Waals surface area contributed by atoms with E-state index in [-0.39, 0.29) is 11.7 Å². The number of rotatable bonds is 3. The van der Waals surface area contributed by atoms with Gasteiger partial charge in [0.05, 0.1) is 5.56 Å². The van der Waals surface area contributed by atoms with Crippen LogP contribution in [0, 0.1) is 6.92 Å². The van der Waals surface area contributed by atoms with Crippen molar-refractivity contribution in [1.29, 1.82) is 0 Å². The zero-order chi connectivity index (χ0) is 18.1. The van der Waals surface area contributed by atoms with Crippen LogP contribution in [0.15, 0.2) is 78.9 Å². The van der Waals surface area contributed by atoms with Gasteiger partial charge >= 0.3 is 0 Å². The van der Waals surface area contributed by atoms with Crippen LogP contribution in [0.3, 0.4) is 0 Å². The first kappa shape index (κ1) is 16.3. The number of benzene rings is 3. The highest BCUT2D eigenvalue weighted by molar-refractivity contribution is 6.17. The van der Waals surface area contributed by atoms with Crippen molar-refractivity contribution in [3.05, 3.63) is 107 Å². The van der Waals surface area contributed by atoms with Crippen LogP contribution >= 0.6 is 0 Å². The van der Waals surface area contributed by atoms with E-state index in [4.69, 9.17) is 0 Å². The van der Waals surface area contributed by atoms with Crippen LogP contribution in [-0.2, 0) is 12.0 Å². The molecule has 26 heavy (non-hydrogen) atoms. The number of carbonyl (C=O) groups is 2. The highest BCUT2D eigenvalue weighted by Gasteiger charge is 2.46. The van der Waals surface area contributed by atoms with E-state index in [9.17, 15) is 9.59 Å². The maximum atomic E-state index is 13.5. The first-order valence-electron chi connectivity index (χ1n) is 8.67. The van der Waals surface area contributed by atoms with Crippen LogP contribution in [0.25, 0.3) is 0 Å². The quantitative estimate of drug-likeness (QED) is 0.781. The predicted molar refractivity (Wildman–Crippen MR) is 101 cm³/mol. The van der Waals surface area contributed by atoms with Crippen molar-refractivity contribution >= 4 is 11.7 Å². The van der Waals surface area contributed by atoms with Gasteiger partial charge in [0.2, 0.25) is 0 Å². The van der Waals surface area contributed by atoms with E-state index < -0.39 is 5.54 Å². The lowest BCUT2D eigenvalue weighted by Crippen LogP contribution is -2.57. The molecule has 3 aromatic carbocycles. The molecular weight excluding hydrogens is 322 g/mol. The Kier molecular flexibility index (Phi) is 3.92. The Morgan fingerprint density at radius 2 is 1.38 bits per heavy atom. The Balaban J connectivity index is 1.88. The number of fused-ring (bicyclic) bond motifs is 1. The summed E-state index contributed by atoms with van der Waals surface area (Å²) in [6.07, 6.45) is 0.413. The number of hydrogen-bond acceptors (Lipinski definition) is 2. The van der Waals surface area contributed by atoms with E-state index in [1.54, 1.807) is 24.3 Å². The van der Waals surface area contributed by atoms with E-state index in [2.05, 4.69) is 5.32 Å². The lowest BCUT2D eigenvalue weighted by atomic mass is 9.74. The first-order valence-corrected chi connectivity index (χ1v) is 8.67. The van der Waals surface area contributed by atoms with Gasteiger partial charge in [0.1, 0.15) is 5.54 Å². The van der Waals surface area contributed by atoms with Crippen molar-refractivity contribution in [2.45, 2.75) is 18.9 Å². The molecular formula is C23H19NO2. The monoisotopic (exact) mass is 341 g/mol. The van der Waals surface area contributed by atoms with Crippen LogP contribution in [0.1, 0.15) is 37.4 Å². The maximum absolute atomic E-state index is 13.5. The second-order valence-electron chi connectivity index (χ2n) is 6.76. The Morgan fingerprint density at radius 3 is 2.08 bits per heavy atom. The number of amides is 1. The summed E-state index contributed by atoms with van der Waals surface area (Å²) in [5.41, 5.74) is 2.79. The minimum absolute atomic E-state index is 0.0699. The number of hydrogen-bond donors (Lipinski definition) is 1. The maximum Gasteiger partial charge on any atom is 0.253 e. The molecule has 0 aliphatic carbocycles. The Hall–Kier alpha value is -3.20. The largest absolute Gasteiger partial charge is 0.335 e. The lowest BCUT2D eigenvalue weighted by molar-refractivity contribution is 0.0729. The molecule has 1 heterocycles. The van der Waals surface area contributed by atoms with E-state index >= 15 is 0 Å². The fraction of sp³-hybridized carbons (Fsp3) is 0.130. The van der Waals surface area contributed by atoms with Crippen LogP contribution in [0.5, 0.6) is 0 Å². The SMILES string of the molecule is Cc1ccc(CC2(c3ccccc3)NC(=O)c3ccccc3C2=O)cc1. The molecule has 1 amide bonds. The third-order valence-electron chi connectivity index (χ3n) is 4.99. The van der Waals surface area contributed by atoms with Gasteiger partial charge in [0.25, 0.3) is 5.91 Å². The summed E-state index contributed by atoms with van der Waals surface area (Å²) >= 11 is 0. The number of carbonyl (C=O) groups excluding carboxylic acids is 2. The summed E-state index contributed by atoms with van der Waals surface area (Å²) in [6, 6.07) is 24.6. The van der Waals surface area contributed by atoms with Crippen molar-refractivity contribution in [1.82, 2.24) is 5.32 Å². The molecule has 0 saturated carbocycles. The Bertz CT molecular complexity index is 977. The molecule has 1 aliphatic rings. The van der Waals surface area contributed by atoms with Crippen molar-refractivity contribution < 1.29 is 9.59 Å². The van der Waals surface area contributed by atoms with Crippen molar-refractivity contribution in [3.63, 3.8) is 0 Å². The molecule has 1 atom stereocenters. The third kappa shape index (κ3) is 2.62. The van der Waals surface area contributed by atoms with Gasteiger partial charge in [-0.2, -0.15) is 0 Å². The van der Waals surface area contributed by atoms with Gasteiger partial charge in [-0.25, -0.2) is 0 Å². The standard InChI is InChI=1S/C23H19NO2/c1-16-11-13-17(14-12-16)15-23(18-7-3-2-4-8-18)21(25)19-9-5-6-10-20(19)22(26)24-23/h2-14H,15H2,1H3,(H,24,26). The molecule has 0 fully saturated rings. The summed E-state index contributed by atoms with van der Waals surface area (Å²) in [7, 11) is 0. The zero-order valence-electron chi connectivity index (χ0n) is 14.5. The van der Waals surface area contributed by atoms with Gasteiger partial charge in [-0.05, 0) is 24.1 Å². The van der Waals surface area contributed by atoms with E-state index in [0.717, 1.165) is 16.7 Å². The summed E-state index contributed by atoms with van der Waals surface area (Å²) < 4.78 is 0. The fourth-order valence-corrected chi connectivity index (χ4v) is 3.59. The molecule has 0 bridgehead atoms. The number of Topliss-reactive ketones (excluding diaryl/α,β-unsaturated/α-hetero) is 1. The van der Waals surface area contributed by atoms with Crippen LogP contribution < -0.4 is 5.32 Å². The highest BCUT2D eigenvalue weighted by atomic mass is 16.2. The van der Waals surface area contributed by atoms with Gasteiger partial charge < -0.3 is 5.32 Å². The van der Waals surface area contributed by atoms with Crippen LogP contribution in [-0.4, -0.2) is 11.7 Å². The van der Waals surface area contributed by atoms with Crippen molar-refractivity contribution in [2.75, 3.05) is 0 Å². The fourth-order valence-electron chi connectivity index (χ4n) is 3.59. The van der Waals surface area contributed by atoms with E-state index in [1.165, 1.54) is 0 Å². The lowest BCUT2D eigenvalue weighted by Gasteiger charge is -2.38. The van der Waals surface area contributed by atoms with Crippen LogP contribution in [0.4, 0.5) is 0 Å². The number of ketones is 1. The predicted octanol–water partition coefficient (Wildman–Crippen LogP) is 4.06. The molecule has 1 aliphatic heterocycles. The molecule has 3 nitrogen and oxygen atoms in total.